The van der Waals surface area contributed by atoms with Gasteiger partial charge in [0.1, 0.15) is 12.4 Å². The normalized spacial score (nSPS) is 11.0. The van der Waals surface area contributed by atoms with E-state index in [4.69, 9.17) is 21.3 Å². The third-order valence-electron chi connectivity index (χ3n) is 5.60. The van der Waals surface area contributed by atoms with Crippen molar-refractivity contribution in [1.82, 2.24) is 4.98 Å². The molecule has 2 nitrogen and oxygen atoms in total. The van der Waals surface area contributed by atoms with E-state index in [2.05, 4.69) is 52.0 Å². The minimum atomic E-state index is 0.502. The zero-order chi connectivity index (χ0) is 21.1. The van der Waals surface area contributed by atoms with Crippen molar-refractivity contribution in [2.75, 3.05) is 0 Å². The van der Waals surface area contributed by atoms with Crippen LogP contribution in [0, 0.1) is 27.7 Å². The molecular formula is C26H30ClNO. The fourth-order valence-electron chi connectivity index (χ4n) is 3.92. The van der Waals surface area contributed by atoms with Crippen molar-refractivity contribution in [3.63, 3.8) is 0 Å². The summed E-state index contributed by atoms with van der Waals surface area (Å²) < 4.78 is 6.11. The van der Waals surface area contributed by atoms with Crippen molar-refractivity contribution in [1.29, 1.82) is 0 Å². The Morgan fingerprint density at radius 1 is 0.862 bits per heavy atom. The molecule has 29 heavy (non-hydrogen) atoms. The molecule has 0 aliphatic carbocycles. The molecule has 1 heterocycles. The van der Waals surface area contributed by atoms with E-state index in [1.807, 2.05) is 26.0 Å². The molecule has 0 aliphatic rings. The van der Waals surface area contributed by atoms with Gasteiger partial charge in [0.25, 0.3) is 0 Å². The SMILES string of the molecule is CCc1cccc(CC)c1-c1cc(C)c(COc2cc(C)c(Cl)c(C)c2)c(C)n1. The molecule has 3 heteroatoms. The zero-order valence-corrected chi connectivity index (χ0v) is 19.1. The average Bonchev–Trinajstić information content (AvgIpc) is 2.70. The maximum absolute atomic E-state index is 6.28. The quantitative estimate of drug-likeness (QED) is 0.426. The molecule has 0 fully saturated rings. The van der Waals surface area contributed by atoms with Gasteiger partial charge < -0.3 is 4.74 Å². The van der Waals surface area contributed by atoms with Crippen LogP contribution in [-0.4, -0.2) is 4.98 Å². The molecule has 1 aromatic heterocycles. The lowest BCUT2D eigenvalue weighted by Gasteiger charge is -2.17. The number of aromatic nitrogens is 1. The van der Waals surface area contributed by atoms with Crippen LogP contribution in [0.3, 0.4) is 0 Å². The summed E-state index contributed by atoms with van der Waals surface area (Å²) in [4.78, 5) is 4.98. The Hall–Kier alpha value is -2.32. The first-order chi connectivity index (χ1) is 13.8. The Balaban J connectivity index is 1.93. The summed E-state index contributed by atoms with van der Waals surface area (Å²) in [7, 11) is 0. The van der Waals surface area contributed by atoms with Crippen molar-refractivity contribution >= 4 is 11.6 Å². The number of hydrogen-bond donors (Lipinski definition) is 0. The second-order valence-electron chi connectivity index (χ2n) is 7.71. The maximum atomic E-state index is 6.28. The lowest BCUT2D eigenvalue weighted by molar-refractivity contribution is 0.303. The number of rotatable bonds is 6. The lowest BCUT2D eigenvalue weighted by Crippen LogP contribution is -2.05. The van der Waals surface area contributed by atoms with Gasteiger partial charge in [-0.3, -0.25) is 4.98 Å². The van der Waals surface area contributed by atoms with Gasteiger partial charge in [0.15, 0.2) is 0 Å². The second-order valence-corrected chi connectivity index (χ2v) is 8.08. The van der Waals surface area contributed by atoms with E-state index in [0.29, 0.717) is 6.61 Å². The molecule has 3 rings (SSSR count). The molecule has 3 aromatic rings. The second kappa shape index (κ2) is 9.00. The molecule has 0 aliphatic heterocycles. The number of ether oxygens (including phenoxy) is 1. The molecule has 0 atom stereocenters. The zero-order valence-electron chi connectivity index (χ0n) is 18.3. The van der Waals surface area contributed by atoms with Crippen LogP contribution in [0.15, 0.2) is 36.4 Å². The predicted molar refractivity (Wildman–Crippen MR) is 123 cm³/mol. The van der Waals surface area contributed by atoms with Gasteiger partial charge in [0, 0.05) is 21.8 Å². The molecule has 0 radical (unpaired) electrons. The Bertz CT molecular complexity index is 971. The van der Waals surface area contributed by atoms with Gasteiger partial charge in [0.2, 0.25) is 0 Å². The number of halogens is 1. The first-order valence-corrected chi connectivity index (χ1v) is 10.7. The minimum Gasteiger partial charge on any atom is -0.489 e. The van der Waals surface area contributed by atoms with E-state index in [1.165, 1.54) is 22.3 Å². The molecule has 0 spiro atoms. The highest BCUT2D eigenvalue weighted by Gasteiger charge is 2.14. The molecule has 0 unspecified atom stereocenters. The summed E-state index contributed by atoms with van der Waals surface area (Å²) in [6.07, 6.45) is 2.01. The van der Waals surface area contributed by atoms with Crippen LogP contribution in [0.2, 0.25) is 5.02 Å². The van der Waals surface area contributed by atoms with Crippen molar-refractivity contribution in [3.8, 4) is 17.0 Å². The van der Waals surface area contributed by atoms with Gasteiger partial charge in [-0.15, -0.1) is 0 Å². The van der Waals surface area contributed by atoms with Crippen molar-refractivity contribution in [2.24, 2.45) is 0 Å². The number of benzene rings is 2. The van der Waals surface area contributed by atoms with Crippen LogP contribution in [-0.2, 0) is 19.4 Å². The summed E-state index contributed by atoms with van der Waals surface area (Å²) in [5.41, 5.74) is 10.5. The number of pyridine rings is 1. The average molecular weight is 408 g/mol. The molecule has 152 valence electrons. The first kappa shape index (κ1) is 21.4. The van der Waals surface area contributed by atoms with Crippen LogP contribution in [0.25, 0.3) is 11.3 Å². The van der Waals surface area contributed by atoms with Crippen LogP contribution in [0.4, 0.5) is 0 Å². The Morgan fingerprint density at radius 2 is 1.45 bits per heavy atom. The summed E-state index contributed by atoms with van der Waals surface area (Å²) in [5, 5.41) is 0.803. The van der Waals surface area contributed by atoms with Gasteiger partial charge in [-0.05, 0) is 86.6 Å². The third kappa shape index (κ3) is 4.48. The van der Waals surface area contributed by atoms with Crippen LogP contribution < -0.4 is 4.74 Å². The predicted octanol–water partition coefficient (Wildman–Crippen LogP) is 7.34. The molecule has 0 saturated carbocycles. The molecule has 0 saturated heterocycles. The number of aryl methyl sites for hydroxylation is 6. The van der Waals surface area contributed by atoms with E-state index in [9.17, 15) is 0 Å². The van der Waals surface area contributed by atoms with Gasteiger partial charge in [-0.2, -0.15) is 0 Å². The standard InChI is InChI=1S/C26H30ClNO/c1-7-20-10-9-11-21(8-2)25(20)24-14-16(3)23(19(6)28-24)15-29-22-12-17(4)26(27)18(5)13-22/h9-14H,7-8,15H2,1-6H3. The van der Waals surface area contributed by atoms with Crippen LogP contribution in [0.1, 0.15) is 52.9 Å². The van der Waals surface area contributed by atoms with E-state index in [-0.39, 0.29) is 0 Å². The first-order valence-electron chi connectivity index (χ1n) is 10.3. The highest BCUT2D eigenvalue weighted by atomic mass is 35.5. The molecular weight excluding hydrogens is 378 g/mol. The topological polar surface area (TPSA) is 22.1 Å². The molecule has 2 aromatic carbocycles. The monoisotopic (exact) mass is 407 g/mol. The van der Waals surface area contributed by atoms with E-state index in [1.54, 1.807) is 0 Å². The highest BCUT2D eigenvalue weighted by Crippen LogP contribution is 2.31. The van der Waals surface area contributed by atoms with E-state index < -0.39 is 0 Å². The Kier molecular flexibility index (Phi) is 6.64. The number of hydrogen-bond acceptors (Lipinski definition) is 2. The third-order valence-corrected chi connectivity index (χ3v) is 6.20. The fraction of sp³-hybridized carbons (Fsp3) is 0.346. The summed E-state index contributed by atoms with van der Waals surface area (Å²) in [5.74, 6) is 0.844. The summed E-state index contributed by atoms with van der Waals surface area (Å²) in [6.45, 7) is 13.1. The molecule has 0 N–H and O–H groups in total. The van der Waals surface area contributed by atoms with Crippen LogP contribution >= 0.6 is 11.6 Å². The molecule has 0 bridgehead atoms. The van der Waals surface area contributed by atoms with E-state index >= 15 is 0 Å². The molecule has 0 amide bonds. The van der Waals surface area contributed by atoms with E-state index in [0.717, 1.165) is 51.7 Å². The van der Waals surface area contributed by atoms with Crippen molar-refractivity contribution < 1.29 is 4.74 Å². The Morgan fingerprint density at radius 3 is 1.97 bits per heavy atom. The fourth-order valence-corrected chi connectivity index (χ4v) is 4.03. The Labute approximate surface area is 179 Å². The van der Waals surface area contributed by atoms with Crippen molar-refractivity contribution in [3.05, 3.63) is 80.5 Å². The minimum absolute atomic E-state index is 0.502. The number of nitrogens with zero attached hydrogens (tertiary/aromatic N) is 1. The van der Waals surface area contributed by atoms with Gasteiger partial charge in [0.05, 0.1) is 5.69 Å². The maximum Gasteiger partial charge on any atom is 0.120 e. The smallest absolute Gasteiger partial charge is 0.120 e. The largest absolute Gasteiger partial charge is 0.489 e. The summed E-state index contributed by atoms with van der Waals surface area (Å²) in [6, 6.07) is 12.8. The van der Waals surface area contributed by atoms with Gasteiger partial charge in [-0.25, -0.2) is 0 Å². The van der Waals surface area contributed by atoms with Gasteiger partial charge >= 0.3 is 0 Å². The highest BCUT2D eigenvalue weighted by molar-refractivity contribution is 6.32. The van der Waals surface area contributed by atoms with Crippen LogP contribution in [0.5, 0.6) is 5.75 Å². The van der Waals surface area contributed by atoms with Crippen molar-refractivity contribution in [2.45, 2.75) is 61.0 Å². The lowest BCUT2D eigenvalue weighted by atomic mass is 9.93. The summed E-state index contributed by atoms with van der Waals surface area (Å²) >= 11 is 6.28. The van der Waals surface area contributed by atoms with Gasteiger partial charge in [-0.1, -0.05) is 43.6 Å².